The molecule has 340 valence electrons. The number of aliphatic hydroxyl groups excluding tert-OH is 6. The van der Waals surface area contributed by atoms with Crippen LogP contribution in [-0.4, -0.2) is 98.7 Å². The van der Waals surface area contributed by atoms with Gasteiger partial charge in [0.1, 0.15) is 30.5 Å². The smallest absolute Gasteiger partial charge is 0.249 e. The number of hydrogen-bond acceptors (Lipinski definition) is 9. The highest BCUT2D eigenvalue weighted by molar-refractivity contribution is 5.80. The second-order valence-corrected chi connectivity index (χ2v) is 16.7. The second kappa shape index (κ2) is 38.3. The van der Waals surface area contributed by atoms with Gasteiger partial charge in [-0.3, -0.25) is 4.79 Å². The molecule has 10 nitrogen and oxygen atoms in total. The molecule has 1 rings (SSSR count). The van der Waals surface area contributed by atoms with Crippen LogP contribution in [0.4, 0.5) is 0 Å². The van der Waals surface area contributed by atoms with E-state index in [1.54, 1.807) is 6.08 Å². The third kappa shape index (κ3) is 28.0. The SMILES string of the molecule is CCCCCCC/C=C/CC/C=C/C(O)C(COC1OC(CO)C(O)C(O)C1O)NC(=O)C(O)CCCCCCCC/C=C\CCCCCCCCCCCCCC. The number of aliphatic hydroxyl groups is 6. The van der Waals surface area contributed by atoms with Crippen LogP contribution in [0, 0.1) is 0 Å². The molecule has 8 unspecified atom stereocenters. The third-order valence-corrected chi connectivity index (χ3v) is 11.3. The Morgan fingerprint density at radius 3 is 1.50 bits per heavy atom. The number of amides is 1. The van der Waals surface area contributed by atoms with Crippen LogP contribution in [0.3, 0.4) is 0 Å². The van der Waals surface area contributed by atoms with Crippen molar-refractivity contribution in [3.63, 3.8) is 0 Å². The van der Waals surface area contributed by atoms with Gasteiger partial charge in [0.25, 0.3) is 0 Å². The predicted molar refractivity (Wildman–Crippen MR) is 236 cm³/mol. The van der Waals surface area contributed by atoms with Gasteiger partial charge in [0.05, 0.1) is 25.4 Å². The van der Waals surface area contributed by atoms with E-state index in [0.717, 1.165) is 38.5 Å². The van der Waals surface area contributed by atoms with Crippen LogP contribution < -0.4 is 5.32 Å². The molecule has 0 saturated carbocycles. The first kappa shape index (κ1) is 54.4. The highest BCUT2D eigenvalue weighted by Gasteiger charge is 2.44. The number of carbonyl (C=O) groups excluding carboxylic acids is 1. The summed E-state index contributed by atoms with van der Waals surface area (Å²) >= 11 is 0. The number of nitrogens with one attached hydrogen (secondary N) is 1. The molecule has 1 aliphatic rings. The van der Waals surface area contributed by atoms with Crippen LogP contribution in [0.1, 0.15) is 200 Å². The van der Waals surface area contributed by atoms with Gasteiger partial charge < -0.3 is 45.4 Å². The molecule has 1 saturated heterocycles. The first-order valence-electron chi connectivity index (χ1n) is 23.8. The minimum absolute atomic E-state index is 0.296. The average Bonchev–Trinajstić information content (AvgIpc) is 3.22. The summed E-state index contributed by atoms with van der Waals surface area (Å²) in [7, 11) is 0. The Morgan fingerprint density at radius 2 is 1.02 bits per heavy atom. The van der Waals surface area contributed by atoms with E-state index in [0.29, 0.717) is 19.3 Å². The van der Waals surface area contributed by atoms with E-state index in [1.807, 2.05) is 6.08 Å². The maximum absolute atomic E-state index is 13.0. The van der Waals surface area contributed by atoms with Gasteiger partial charge in [-0.15, -0.1) is 0 Å². The second-order valence-electron chi connectivity index (χ2n) is 16.7. The van der Waals surface area contributed by atoms with Gasteiger partial charge in [-0.1, -0.05) is 179 Å². The zero-order valence-corrected chi connectivity index (χ0v) is 36.9. The van der Waals surface area contributed by atoms with E-state index in [-0.39, 0.29) is 6.61 Å². The summed E-state index contributed by atoms with van der Waals surface area (Å²) in [5.74, 6) is -0.632. The van der Waals surface area contributed by atoms with Crippen LogP contribution in [0.2, 0.25) is 0 Å². The first-order chi connectivity index (χ1) is 28.3. The van der Waals surface area contributed by atoms with E-state index in [1.165, 1.54) is 128 Å². The molecule has 1 fully saturated rings. The Balaban J connectivity index is 2.34. The molecule has 8 atom stereocenters. The topological polar surface area (TPSA) is 169 Å². The highest BCUT2D eigenvalue weighted by atomic mass is 16.7. The summed E-state index contributed by atoms with van der Waals surface area (Å²) in [6.45, 7) is 3.56. The summed E-state index contributed by atoms with van der Waals surface area (Å²) in [6, 6.07) is -0.997. The molecule has 1 heterocycles. The number of carbonyl (C=O) groups is 1. The average molecular weight is 824 g/mol. The van der Waals surface area contributed by atoms with Crippen molar-refractivity contribution in [2.24, 2.45) is 0 Å². The van der Waals surface area contributed by atoms with Gasteiger partial charge in [0.15, 0.2) is 6.29 Å². The van der Waals surface area contributed by atoms with Crippen molar-refractivity contribution >= 4 is 5.91 Å². The minimum atomic E-state index is -1.62. The minimum Gasteiger partial charge on any atom is -0.394 e. The van der Waals surface area contributed by atoms with Gasteiger partial charge in [-0.05, 0) is 57.8 Å². The van der Waals surface area contributed by atoms with E-state index in [2.05, 4.69) is 43.5 Å². The molecular formula is C48H89NO9. The molecule has 0 aromatic carbocycles. The van der Waals surface area contributed by atoms with Crippen LogP contribution in [0.25, 0.3) is 0 Å². The Hall–Kier alpha value is -1.63. The molecular weight excluding hydrogens is 735 g/mol. The molecule has 0 bridgehead atoms. The third-order valence-electron chi connectivity index (χ3n) is 11.3. The zero-order valence-electron chi connectivity index (χ0n) is 36.9. The zero-order chi connectivity index (χ0) is 42.5. The summed E-state index contributed by atoms with van der Waals surface area (Å²) < 4.78 is 11.1. The van der Waals surface area contributed by atoms with Gasteiger partial charge in [0.2, 0.25) is 5.91 Å². The molecule has 0 radical (unpaired) electrons. The molecule has 7 N–H and O–H groups in total. The Bertz CT molecular complexity index is 1020. The van der Waals surface area contributed by atoms with Gasteiger partial charge in [-0.25, -0.2) is 0 Å². The summed E-state index contributed by atoms with van der Waals surface area (Å²) in [5, 5.41) is 64.5. The molecule has 0 aromatic heterocycles. The van der Waals surface area contributed by atoms with Gasteiger partial charge in [0, 0.05) is 0 Å². The maximum atomic E-state index is 13.0. The molecule has 0 spiro atoms. The van der Waals surface area contributed by atoms with E-state index in [9.17, 15) is 35.4 Å². The fraction of sp³-hybridized carbons (Fsp3) is 0.854. The largest absolute Gasteiger partial charge is 0.394 e. The normalized spacial score (nSPS) is 21.7. The Morgan fingerprint density at radius 1 is 0.586 bits per heavy atom. The molecule has 1 aliphatic heterocycles. The maximum Gasteiger partial charge on any atom is 0.249 e. The lowest BCUT2D eigenvalue weighted by molar-refractivity contribution is -0.302. The van der Waals surface area contributed by atoms with Crippen molar-refractivity contribution in [1.82, 2.24) is 5.32 Å². The number of ether oxygens (including phenoxy) is 2. The fourth-order valence-electron chi connectivity index (χ4n) is 7.35. The standard InChI is InChI=1S/C48H89NO9/c1-3-5-7-9-11-13-15-16-17-18-19-20-21-22-23-24-25-27-29-31-33-35-37-42(52)47(56)49-40(39-57-48-46(55)45(54)44(53)43(38-50)58-48)41(51)36-34-32-30-28-26-14-12-10-8-6-4-2/h22-23,26,28,34,36,40-46,48,50-55H,3-21,24-25,27,29-33,35,37-39H2,1-2H3,(H,49,56)/b23-22-,28-26+,36-34+. The monoisotopic (exact) mass is 824 g/mol. The summed E-state index contributed by atoms with van der Waals surface area (Å²) in [4.78, 5) is 13.0. The van der Waals surface area contributed by atoms with Crippen molar-refractivity contribution in [2.75, 3.05) is 13.2 Å². The van der Waals surface area contributed by atoms with Gasteiger partial charge >= 0.3 is 0 Å². The van der Waals surface area contributed by atoms with Crippen molar-refractivity contribution in [1.29, 1.82) is 0 Å². The predicted octanol–water partition coefficient (Wildman–Crippen LogP) is 9.03. The summed E-state index contributed by atoms with van der Waals surface area (Å²) in [5.41, 5.74) is 0. The van der Waals surface area contributed by atoms with Gasteiger partial charge in [-0.2, -0.15) is 0 Å². The molecule has 1 amide bonds. The van der Waals surface area contributed by atoms with Crippen LogP contribution in [0.15, 0.2) is 36.5 Å². The number of hydrogen-bond donors (Lipinski definition) is 7. The van der Waals surface area contributed by atoms with Crippen LogP contribution in [-0.2, 0) is 14.3 Å². The quantitative estimate of drug-likeness (QED) is 0.0236. The van der Waals surface area contributed by atoms with Crippen LogP contribution >= 0.6 is 0 Å². The number of rotatable bonds is 39. The lowest BCUT2D eigenvalue weighted by Crippen LogP contribution is -2.60. The Kier molecular flexibility index (Phi) is 35.9. The van der Waals surface area contributed by atoms with Crippen molar-refractivity contribution in [3.8, 4) is 0 Å². The van der Waals surface area contributed by atoms with Crippen molar-refractivity contribution in [3.05, 3.63) is 36.5 Å². The molecule has 0 aromatic rings. The highest BCUT2D eigenvalue weighted by Crippen LogP contribution is 2.22. The fourth-order valence-corrected chi connectivity index (χ4v) is 7.35. The lowest BCUT2D eigenvalue weighted by Gasteiger charge is -2.40. The van der Waals surface area contributed by atoms with E-state index >= 15 is 0 Å². The van der Waals surface area contributed by atoms with Crippen LogP contribution in [0.5, 0.6) is 0 Å². The summed E-state index contributed by atoms with van der Waals surface area (Å²) in [6.07, 6.45) is 36.7. The van der Waals surface area contributed by atoms with Crippen molar-refractivity contribution in [2.45, 2.75) is 249 Å². The van der Waals surface area contributed by atoms with E-state index < -0.39 is 61.5 Å². The number of allylic oxidation sites excluding steroid dienone is 5. The van der Waals surface area contributed by atoms with E-state index in [4.69, 9.17) is 9.47 Å². The molecule has 0 aliphatic carbocycles. The Labute approximate surface area is 354 Å². The lowest BCUT2D eigenvalue weighted by atomic mass is 9.99. The molecule has 10 heteroatoms. The molecule has 58 heavy (non-hydrogen) atoms. The number of unbranched alkanes of at least 4 members (excludes halogenated alkanes) is 24. The first-order valence-corrected chi connectivity index (χ1v) is 23.8. The van der Waals surface area contributed by atoms with Crippen molar-refractivity contribution < 1.29 is 44.9 Å².